The predicted octanol–water partition coefficient (Wildman–Crippen LogP) is 5.15. The van der Waals surface area contributed by atoms with Gasteiger partial charge in [0.15, 0.2) is 5.82 Å². The second-order valence-electron chi connectivity index (χ2n) is 7.29. The molecule has 132 valence electrons. The minimum Gasteiger partial charge on any atom is -0.234 e. The Hall–Kier alpha value is -2.64. The van der Waals surface area contributed by atoms with Gasteiger partial charge in [0.05, 0.1) is 5.69 Å². The Morgan fingerprint density at radius 1 is 1.23 bits per heavy atom. The number of hydrogen-bond donors (Lipinski definition) is 0. The smallest absolute Gasteiger partial charge is 0.153 e. The molecule has 3 nitrogen and oxygen atoms in total. The van der Waals surface area contributed by atoms with E-state index in [1.807, 2.05) is 35.9 Å². The van der Waals surface area contributed by atoms with E-state index in [0.29, 0.717) is 5.92 Å². The van der Waals surface area contributed by atoms with Crippen LogP contribution in [0, 0.1) is 19.8 Å². The average Bonchev–Trinajstić information content (AvgIpc) is 3.40. The number of hydrogen-bond acceptors (Lipinski definition) is 2. The topological polar surface area (TPSA) is 30.7 Å². The molecule has 2 atom stereocenters. The first-order chi connectivity index (χ1) is 12.7. The van der Waals surface area contributed by atoms with Crippen molar-refractivity contribution in [2.45, 2.75) is 46.0 Å². The summed E-state index contributed by atoms with van der Waals surface area (Å²) in [5.41, 5.74) is 9.28. The van der Waals surface area contributed by atoms with E-state index in [4.69, 9.17) is 10.1 Å². The molecular weight excluding hydrogens is 318 g/mol. The quantitative estimate of drug-likeness (QED) is 0.703. The van der Waals surface area contributed by atoms with Crippen molar-refractivity contribution in [2.75, 3.05) is 0 Å². The lowest BCUT2D eigenvalue weighted by Gasteiger charge is -2.06. The molecule has 26 heavy (non-hydrogen) atoms. The van der Waals surface area contributed by atoms with Crippen LogP contribution < -0.4 is 0 Å². The largest absolute Gasteiger partial charge is 0.234 e. The van der Waals surface area contributed by atoms with Gasteiger partial charge in [-0.2, -0.15) is 5.10 Å². The van der Waals surface area contributed by atoms with E-state index in [9.17, 15) is 0 Å². The molecule has 1 fully saturated rings. The third kappa shape index (κ3) is 3.23. The zero-order valence-electron chi connectivity index (χ0n) is 15.7. The van der Waals surface area contributed by atoms with E-state index in [1.54, 1.807) is 0 Å². The summed E-state index contributed by atoms with van der Waals surface area (Å²) in [5, 5.41) is 5.04. The molecule has 0 spiro atoms. The first kappa shape index (κ1) is 16.8. The second-order valence-corrected chi connectivity index (χ2v) is 7.29. The van der Waals surface area contributed by atoms with Crippen molar-refractivity contribution < 1.29 is 0 Å². The average molecular weight is 343 g/mol. The summed E-state index contributed by atoms with van der Waals surface area (Å²) in [7, 11) is 0. The van der Waals surface area contributed by atoms with E-state index >= 15 is 0 Å². The van der Waals surface area contributed by atoms with Crippen LogP contribution in [0.25, 0.3) is 5.82 Å². The van der Waals surface area contributed by atoms with E-state index in [-0.39, 0.29) is 0 Å². The summed E-state index contributed by atoms with van der Waals surface area (Å²) >= 11 is 0. The van der Waals surface area contributed by atoms with Gasteiger partial charge in [0.1, 0.15) is 0 Å². The summed E-state index contributed by atoms with van der Waals surface area (Å²) in [6.07, 6.45) is 13.7. The molecule has 2 aliphatic rings. The van der Waals surface area contributed by atoms with Crippen molar-refractivity contribution >= 4 is 0 Å². The van der Waals surface area contributed by atoms with Gasteiger partial charge in [0.2, 0.25) is 0 Å². The highest BCUT2D eigenvalue weighted by Gasteiger charge is 2.40. The van der Waals surface area contributed by atoms with E-state index in [0.717, 1.165) is 23.9 Å². The Labute approximate surface area is 155 Å². The third-order valence-electron chi connectivity index (χ3n) is 5.44. The molecule has 0 N–H and O–H groups in total. The molecule has 0 saturated heterocycles. The molecule has 0 bridgehead atoms. The van der Waals surface area contributed by atoms with Gasteiger partial charge in [0.25, 0.3) is 0 Å². The number of rotatable bonds is 5. The molecule has 4 rings (SSSR count). The highest BCUT2D eigenvalue weighted by molar-refractivity contribution is 5.42. The fourth-order valence-corrected chi connectivity index (χ4v) is 3.79. The summed E-state index contributed by atoms with van der Waals surface area (Å²) < 4.78 is 2.04. The molecule has 2 aromatic rings. The molecule has 0 radical (unpaired) electrons. The number of aromatic nitrogens is 3. The standard InChI is InChI=1S/C23H25N3/c1-4-19-15-21(19)23-20(14-18-11-7-5-6-8-12-18)17(3)26(25-23)22-13-9-10-16(2)24-22/h5,7-13,19,21H,4,14-15H2,1-3H3. The zero-order valence-corrected chi connectivity index (χ0v) is 15.7. The highest BCUT2D eigenvalue weighted by atomic mass is 15.3. The van der Waals surface area contributed by atoms with Crippen LogP contribution in [0.5, 0.6) is 0 Å². The molecule has 0 amide bonds. The minimum atomic E-state index is 0.601. The molecule has 1 saturated carbocycles. The van der Waals surface area contributed by atoms with Crippen LogP contribution in [0.2, 0.25) is 0 Å². The lowest BCUT2D eigenvalue weighted by atomic mass is 9.99. The normalized spacial score (nSPS) is 21.0. The molecule has 2 aliphatic carbocycles. The third-order valence-corrected chi connectivity index (χ3v) is 5.44. The lowest BCUT2D eigenvalue weighted by Crippen LogP contribution is -2.03. The van der Waals surface area contributed by atoms with Crippen LogP contribution in [-0.2, 0) is 6.42 Å². The van der Waals surface area contributed by atoms with E-state index in [1.165, 1.54) is 35.4 Å². The van der Waals surface area contributed by atoms with Gasteiger partial charge >= 0.3 is 0 Å². The summed E-state index contributed by atoms with van der Waals surface area (Å²) in [6, 6.07) is 6.12. The van der Waals surface area contributed by atoms with Gasteiger partial charge < -0.3 is 0 Å². The van der Waals surface area contributed by atoms with Crippen LogP contribution in [-0.4, -0.2) is 14.8 Å². The van der Waals surface area contributed by atoms with Crippen molar-refractivity contribution in [1.82, 2.24) is 14.8 Å². The molecule has 2 unspecified atom stereocenters. The molecule has 0 aliphatic heterocycles. The Morgan fingerprint density at radius 3 is 2.88 bits per heavy atom. The highest BCUT2D eigenvalue weighted by Crippen LogP contribution is 2.50. The Morgan fingerprint density at radius 2 is 2.12 bits per heavy atom. The first-order valence-corrected chi connectivity index (χ1v) is 9.48. The Bertz CT molecular complexity index is 952. The van der Waals surface area contributed by atoms with Crippen molar-refractivity contribution in [3.63, 3.8) is 0 Å². The van der Waals surface area contributed by atoms with E-state index < -0.39 is 0 Å². The molecule has 2 heterocycles. The lowest BCUT2D eigenvalue weighted by molar-refractivity contribution is 0.733. The fourth-order valence-electron chi connectivity index (χ4n) is 3.79. The molecule has 0 aromatic carbocycles. The predicted molar refractivity (Wildman–Crippen MR) is 106 cm³/mol. The van der Waals surface area contributed by atoms with Gasteiger partial charge in [-0.05, 0) is 56.0 Å². The zero-order chi connectivity index (χ0) is 18.1. The Kier molecular flexibility index (Phi) is 4.48. The number of pyridine rings is 1. The van der Waals surface area contributed by atoms with Gasteiger partial charge in [-0.1, -0.05) is 37.6 Å². The van der Waals surface area contributed by atoms with Crippen molar-refractivity contribution in [1.29, 1.82) is 0 Å². The van der Waals surface area contributed by atoms with E-state index in [2.05, 4.69) is 43.9 Å². The SMILES string of the molecule is CCC1CC1c1nn(-c2cccc(C)n2)c(C)c1CC1=CC=C=CC=C1. The summed E-state index contributed by atoms with van der Waals surface area (Å²) in [5.74, 6) is 2.29. The number of aryl methyl sites for hydroxylation is 1. The second kappa shape index (κ2) is 6.93. The molecule has 3 heteroatoms. The van der Waals surface area contributed by atoms with Gasteiger partial charge in [-0.25, -0.2) is 9.67 Å². The number of allylic oxidation sites excluding steroid dienone is 5. The molecule has 2 aromatic heterocycles. The monoisotopic (exact) mass is 343 g/mol. The molecular formula is C23H25N3. The first-order valence-electron chi connectivity index (χ1n) is 9.48. The van der Waals surface area contributed by atoms with Crippen LogP contribution >= 0.6 is 0 Å². The van der Waals surface area contributed by atoms with Crippen LogP contribution in [0.1, 0.15) is 48.3 Å². The maximum absolute atomic E-state index is 5.04. The fraction of sp³-hybridized carbons (Fsp3) is 0.348. The summed E-state index contributed by atoms with van der Waals surface area (Å²) in [4.78, 5) is 4.69. The van der Waals surface area contributed by atoms with Crippen molar-refractivity contribution in [3.8, 4) is 5.82 Å². The van der Waals surface area contributed by atoms with Gasteiger partial charge in [-0.3, -0.25) is 0 Å². The van der Waals surface area contributed by atoms with Crippen LogP contribution in [0.15, 0.2) is 59.9 Å². The van der Waals surface area contributed by atoms with Gasteiger partial charge in [-0.15, -0.1) is 5.73 Å². The van der Waals surface area contributed by atoms with Crippen molar-refractivity contribution in [3.05, 3.63) is 82.5 Å². The van der Waals surface area contributed by atoms with Crippen LogP contribution in [0.3, 0.4) is 0 Å². The minimum absolute atomic E-state index is 0.601. The van der Waals surface area contributed by atoms with Crippen LogP contribution in [0.4, 0.5) is 0 Å². The maximum atomic E-state index is 5.04. The van der Waals surface area contributed by atoms with Gasteiger partial charge in [0, 0.05) is 29.3 Å². The van der Waals surface area contributed by atoms with Crippen molar-refractivity contribution in [2.24, 2.45) is 5.92 Å². The summed E-state index contributed by atoms with van der Waals surface area (Å²) in [6.45, 7) is 6.48. The number of nitrogens with zero attached hydrogens (tertiary/aromatic N) is 3. The maximum Gasteiger partial charge on any atom is 0.153 e. The Balaban J connectivity index is 1.76.